The fourth-order valence-electron chi connectivity index (χ4n) is 3.22. The van der Waals surface area contributed by atoms with Gasteiger partial charge in [0.25, 0.3) is 0 Å². The van der Waals surface area contributed by atoms with Crippen LogP contribution in [0.5, 0.6) is 0 Å². The number of aromatic nitrogens is 1. The molecule has 3 nitrogen and oxygen atoms in total. The van der Waals surface area contributed by atoms with Gasteiger partial charge in [0.15, 0.2) is 12.4 Å². The molecule has 1 aromatic heterocycles. The molecule has 0 bridgehead atoms. The van der Waals surface area contributed by atoms with Gasteiger partial charge in [0.2, 0.25) is 5.91 Å². The van der Waals surface area contributed by atoms with Crippen LogP contribution in [0.1, 0.15) is 35.3 Å². The van der Waals surface area contributed by atoms with Crippen molar-refractivity contribution in [2.75, 3.05) is 0 Å². The number of pyridine rings is 1. The van der Waals surface area contributed by atoms with Gasteiger partial charge in [-0.15, -0.1) is 8.96 Å². The topological polar surface area (TPSA) is 47.0 Å². The number of nitrogens with zero attached hydrogens (tertiary/aromatic N) is 1. The van der Waals surface area contributed by atoms with Crippen LogP contribution in [-0.2, 0) is 6.42 Å². The van der Waals surface area contributed by atoms with Gasteiger partial charge in [-0.05, 0) is 55.7 Å². The summed E-state index contributed by atoms with van der Waals surface area (Å²) in [7, 11) is 0. The molecule has 3 rings (SSSR count). The quantitative estimate of drug-likeness (QED) is 0.681. The first-order valence-electron chi connectivity index (χ1n) is 7.51. The van der Waals surface area contributed by atoms with Crippen LogP contribution in [-0.4, -0.2) is 5.91 Å². The molecule has 2 N–H and O–H groups in total. The summed E-state index contributed by atoms with van der Waals surface area (Å²) in [6, 6.07) is 4.24. The second-order valence-corrected chi connectivity index (χ2v) is 5.88. The third-order valence-electron chi connectivity index (χ3n) is 4.53. The Labute approximate surface area is 138 Å². The summed E-state index contributed by atoms with van der Waals surface area (Å²) in [4.78, 5) is 11.7. The van der Waals surface area contributed by atoms with Crippen LogP contribution < -0.4 is 10.3 Å². The number of allylic oxidation sites excluding steroid dienone is 2. The molecule has 0 unspecified atom stereocenters. The molecule has 0 fully saturated rings. The number of nitrogens with two attached hydrogens (primary N) is 1. The number of primary amides is 1. The highest BCUT2D eigenvalue weighted by Gasteiger charge is 2.30. The van der Waals surface area contributed by atoms with Crippen molar-refractivity contribution in [1.82, 2.24) is 0 Å². The predicted octanol–water partition coefficient (Wildman–Crippen LogP) is 3.47. The fourth-order valence-corrected chi connectivity index (χ4v) is 3.22. The van der Waals surface area contributed by atoms with Gasteiger partial charge >= 0.3 is 5.95 Å². The molecule has 5 heteroatoms. The number of rotatable bonds is 3. The molecule has 1 aliphatic rings. The first-order chi connectivity index (χ1) is 11.4. The molecule has 1 heterocycles. The van der Waals surface area contributed by atoms with Crippen molar-refractivity contribution in [2.45, 2.75) is 20.3 Å². The van der Waals surface area contributed by atoms with Crippen LogP contribution in [0.2, 0.25) is 0 Å². The Hall–Kier alpha value is -2.82. The van der Waals surface area contributed by atoms with Crippen molar-refractivity contribution < 1.29 is 18.1 Å². The highest BCUT2D eigenvalue weighted by atomic mass is 19.1. The Kier molecular flexibility index (Phi) is 3.79. The lowest BCUT2D eigenvalue weighted by molar-refractivity contribution is -0.600. The van der Waals surface area contributed by atoms with E-state index in [2.05, 4.69) is 6.58 Å². The minimum Gasteiger partial charge on any atom is -0.366 e. The molecular formula is C19H17F2N2O+. The van der Waals surface area contributed by atoms with E-state index < -0.39 is 17.7 Å². The molecule has 0 saturated heterocycles. The normalized spacial score (nSPS) is 13.2. The van der Waals surface area contributed by atoms with Crippen molar-refractivity contribution in [3.05, 3.63) is 65.0 Å². The van der Waals surface area contributed by atoms with E-state index in [1.54, 1.807) is 6.07 Å². The number of hydrogen-bond donors (Lipinski definition) is 1. The van der Waals surface area contributed by atoms with Gasteiger partial charge in [-0.2, -0.15) is 0 Å². The van der Waals surface area contributed by atoms with Gasteiger partial charge in [-0.1, -0.05) is 5.57 Å². The molecule has 0 saturated carbocycles. The Morgan fingerprint density at radius 2 is 2.04 bits per heavy atom. The lowest BCUT2D eigenvalue weighted by Crippen LogP contribution is -2.30. The number of carbonyl (C=O) groups excluding carboxylic acids is 1. The lowest BCUT2D eigenvalue weighted by Gasteiger charge is -2.14. The molecular weight excluding hydrogens is 310 g/mol. The molecule has 0 radical (unpaired) electrons. The summed E-state index contributed by atoms with van der Waals surface area (Å²) in [5.41, 5.74) is 8.88. The van der Waals surface area contributed by atoms with E-state index in [0.717, 1.165) is 17.2 Å². The molecule has 0 aliphatic heterocycles. The average Bonchev–Trinajstić information content (AvgIpc) is 2.83. The van der Waals surface area contributed by atoms with Crippen molar-refractivity contribution in [3.8, 4) is 11.1 Å². The molecule has 2 aromatic rings. The number of hydrogen-bond acceptors (Lipinski definition) is 1. The van der Waals surface area contributed by atoms with Crippen molar-refractivity contribution in [3.63, 3.8) is 0 Å². The first kappa shape index (κ1) is 16.1. The number of halogens is 2. The van der Waals surface area contributed by atoms with Crippen LogP contribution >= 0.6 is 0 Å². The zero-order valence-corrected chi connectivity index (χ0v) is 13.5. The van der Waals surface area contributed by atoms with Crippen LogP contribution in [0, 0.1) is 11.8 Å². The average molecular weight is 327 g/mol. The number of carbonyl (C=O) groups is 1. The molecule has 24 heavy (non-hydrogen) atoms. The zero-order chi connectivity index (χ0) is 17.6. The van der Waals surface area contributed by atoms with Crippen molar-refractivity contribution in [2.24, 2.45) is 5.73 Å². The van der Waals surface area contributed by atoms with Gasteiger partial charge in [0.1, 0.15) is 5.82 Å². The monoisotopic (exact) mass is 327 g/mol. The first-order valence-corrected chi connectivity index (χ1v) is 7.51. The van der Waals surface area contributed by atoms with Gasteiger partial charge in [0, 0.05) is 17.2 Å². The third kappa shape index (κ3) is 2.24. The summed E-state index contributed by atoms with van der Waals surface area (Å²) in [5.74, 6) is -1.97. The molecule has 0 spiro atoms. The molecule has 1 aromatic carbocycles. The van der Waals surface area contributed by atoms with E-state index in [4.69, 9.17) is 5.73 Å². The summed E-state index contributed by atoms with van der Waals surface area (Å²) < 4.78 is 30.7. The van der Waals surface area contributed by atoms with Gasteiger partial charge in [-0.25, -0.2) is 4.39 Å². The van der Waals surface area contributed by atoms with E-state index >= 15 is 0 Å². The second kappa shape index (κ2) is 5.67. The van der Waals surface area contributed by atoms with Crippen LogP contribution in [0.25, 0.3) is 22.9 Å². The number of amides is 1. The Balaban J connectivity index is 2.41. The second-order valence-electron chi connectivity index (χ2n) is 5.88. The smallest absolute Gasteiger partial charge is 0.366 e. The van der Waals surface area contributed by atoms with Gasteiger partial charge in [0.05, 0.1) is 5.56 Å². The largest absolute Gasteiger partial charge is 0.372 e. The standard InChI is InChI=1S/C19H16F2N2O/c1-4-23-7-5-6-12(18(23)21)17-15(20)9-14(19(22)24)13-8-10(2)11(3)16(13)17/h4-7,9H,1,8H2,2-3H3,(H-,22,24)/p+1. The summed E-state index contributed by atoms with van der Waals surface area (Å²) >= 11 is 0. The maximum absolute atomic E-state index is 14.8. The van der Waals surface area contributed by atoms with E-state index in [0.29, 0.717) is 17.5 Å². The molecule has 122 valence electrons. The van der Waals surface area contributed by atoms with E-state index in [1.165, 1.54) is 23.0 Å². The van der Waals surface area contributed by atoms with E-state index in [-0.39, 0.29) is 16.7 Å². The number of benzene rings is 1. The van der Waals surface area contributed by atoms with Crippen molar-refractivity contribution in [1.29, 1.82) is 0 Å². The van der Waals surface area contributed by atoms with Crippen LogP contribution in [0.15, 0.2) is 36.5 Å². The van der Waals surface area contributed by atoms with Gasteiger partial charge < -0.3 is 5.73 Å². The summed E-state index contributed by atoms with van der Waals surface area (Å²) in [6.45, 7) is 7.30. The molecule has 0 atom stereocenters. The predicted molar refractivity (Wildman–Crippen MR) is 88.9 cm³/mol. The van der Waals surface area contributed by atoms with Crippen molar-refractivity contribution >= 4 is 17.7 Å². The van der Waals surface area contributed by atoms with Crippen LogP contribution in [0.3, 0.4) is 0 Å². The minimum absolute atomic E-state index is 0.122. The number of fused-ring (bicyclic) bond motifs is 1. The Morgan fingerprint density at radius 1 is 1.33 bits per heavy atom. The lowest BCUT2D eigenvalue weighted by atomic mass is 9.90. The third-order valence-corrected chi connectivity index (χ3v) is 4.53. The maximum Gasteiger partial charge on any atom is 0.372 e. The Bertz CT molecular complexity index is 929. The SMILES string of the molecule is C=C[n+]1cccc(-c2c(F)cc(C(N)=O)c3c2C(C)=C(C)C3)c1F. The fraction of sp³-hybridized carbons (Fsp3) is 0.158. The summed E-state index contributed by atoms with van der Waals surface area (Å²) in [6.07, 6.45) is 3.31. The van der Waals surface area contributed by atoms with Crippen LogP contribution in [0.4, 0.5) is 8.78 Å². The van der Waals surface area contributed by atoms with E-state index in [1.807, 2.05) is 13.8 Å². The molecule has 1 amide bonds. The maximum atomic E-state index is 14.8. The highest BCUT2D eigenvalue weighted by Crippen LogP contribution is 2.42. The van der Waals surface area contributed by atoms with E-state index in [9.17, 15) is 13.6 Å². The zero-order valence-electron chi connectivity index (χ0n) is 13.5. The Morgan fingerprint density at radius 3 is 2.67 bits per heavy atom. The highest BCUT2D eigenvalue weighted by molar-refractivity contribution is 6.00. The minimum atomic E-state index is -0.686. The molecule has 1 aliphatic carbocycles. The van der Waals surface area contributed by atoms with Gasteiger partial charge in [-0.3, -0.25) is 4.79 Å². The summed E-state index contributed by atoms with van der Waals surface area (Å²) in [5, 5.41) is 0.